The summed E-state index contributed by atoms with van der Waals surface area (Å²) in [7, 11) is 0. The van der Waals surface area contributed by atoms with Crippen molar-refractivity contribution in [3.8, 4) is 11.3 Å². The molecule has 3 N–H and O–H groups in total. The van der Waals surface area contributed by atoms with Crippen molar-refractivity contribution in [2.45, 2.75) is 6.92 Å². The summed E-state index contributed by atoms with van der Waals surface area (Å²) in [6, 6.07) is 15.3. The van der Waals surface area contributed by atoms with Gasteiger partial charge in [0.15, 0.2) is 0 Å². The van der Waals surface area contributed by atoms with E-state index in [0.29, 0.717) is 11.1 Å². The van der Waals surface area contributed by atoms with Gasteiger partial charge in [-0.3, -0.25) is 4.79 Å². The highest BCUT2D eigenvalue weighted by Gasteiger charge is 2.06. The molecule has 19 heavy (non-hydrogen) atoms. The summed E-state index contributed by atoms with van der Waals surface area (Å²) < 4.78 is 0. The van der Waals surface area contributed by atoms with Gasteiger partial charge in [0.25, 0.3) is 5.56 Å². The SMILES string of the molecule is Cc1ccc2cc(-c3ccccc3N)[nH]c(=O)c2c1. The predicted molar refractivity (Wildman–Crippen MR) is 79.2 cm³/mol. The Kier molecular flexibility index (Phi) is 2.60. The largest absolute Gasteiger partial charge is 0.398 e. The van der Waals surface area contributed by atoms with Crippen LogP contribution in [0.2, 0.25) is 0 Å². The predicted octanol–water partition coefficient (Wildman–Crippen LogP) is 3.09. The molecule has 3 nitrogen and oxygen atoms in total. The van der Waals surface area contributed by atoms with E-state index in [1.807, 2.05) is 55.5 Å². The minimum absolute atomic E-state index is 0.0838. The summed E-state index contributed by atoms with van der Waals surface area (Å²) >= 11 is 0. The van der Waals surface area contributed by atoms with E-state index in [-0.39, 0.29) is 5.56 Å². The number of hydrogen-bond acceptors (Lipinski definition) is 2. The summed E-state index contributed by atoms with van der Waals surface area (Å²) in [4.78, 5) is 15.0. The van der Waals surface area contributed by atoms with Gasteiger partial charge in [0.1, 0.15) is 0 Å². The van der Waals surface area contributed by atoms with Gasteiger partial charge in [0, 0.05) is 16.6 Å². The van der Waals surface area contributed by atoms with Gasteiger partial charge in [-0.15, -0.1) is 0 Å². The number of H-pyrrole nitrogens is 1. The van der Waals surface area contributed by atoms with Gasteiger partial charge in [0.2, 0.25) is 0 Å². The number of nitrogens with two attached hydrogens (primary N) is 1. The van der Waals surface area contributed by atoms with E-state index in [9.17, 15) is 4.79 Å². The molecule has 0 unspecified atom stereocenters. The van der Waals surface area contributed by atoms with Crippen LogP contribution in [-0.2, 0) is 0 Å². The Morgan fingerprint density at radius 2 is 1.84 bits per heavy atom. The van der Waals surface area contributed by atoms with Crippen molar-refractivity contribution < 1.29 is 0 Å². The molecule has 1 heterocycles. The molecular weight excluding hydrogens is 236 g/mol. The molecule has 3 aromatic rings. The van der Waals surface area contributed by atoms with E-state index in [2.05, 4.69) is 4.98 Å². The number of hydrogen-bond donors (Lipinski definition) is 2. The molecule has 0 spiro atoms. The third kappa shape index (κ3) is 1.99. The Hall–Kier alpha value is -2.55. The molecule has 0 aliphatic heterocycles. The second-order valence-electron chi connectivity index (χ2n) is 4.69. The summed E-state index contributed by atoms with van der Waals surface area (Å²) in [6.45, 7) is 1.97. The number of aromatic nitrogens is 1. The van der Waals surface area contributed by atoms with Crippen molar-refractivity contribution in [2.24, 2.45) is 0 Å². The van der Waals surface area contributed by atoms with Crippen LogP contribution < -0.4 is 11.3 Å². The van der Waals surface area contributed by atoms with E-state index >= 15 is 0 Å². The maximum atomic E-state index is 12.1. The molecule has 1 aromatic heterocycles. The molecule has 3 heteroatoms. The van der Waals surface area contributed by atoms with Crippen LogP contribution in [0.25, 0.3) is 22.0 Å². The Bertz CT molecular complexity index is 818. The average molecular weight is 250 g/mol. The summed E-state index contributed by atoms with van der Waals surface area (Å²) in [6.07, 6.45) is 0. The minimum Gasteiger partial charge on any atom is -0.398 e. The zero-order valence-corrected chi connectivity index (χ0v) is 10.6. The van der Waals surface area contributed by atoms with E-state index in [1.165, 1.54) is 0 Å². The summed E-state index contributed by atoms with van der Waals surface area (Å²) in [5.74, 6) is 0. The van der Waals surface area contributed by atoms with E-state index in [4.69, 9.17) is 5.73 Å². The van der Waals surface area contributed by atoms with Crippen molar-refractivity contribution in [1.29, 1.82) is 0 Å². The van der Waals surface area contributed by atoms with Gasteiger partial charge in [-0.2, -0.15) is 0 Å². The lowest BCUT2D eigenvalue weighted by molar-refractivity contribution is 1.27. The molecule has 0 radical (unpaired) electrons. The number of fused-ring (bicyclic) bond motifs is 1. The molecule has 0 amide bonds. The van der Waals surface area contributed by atoms with Crippen LogP contribution in [0.3, 0.4) is 0 Å². The normalized spacial score (nSPS) is 10.8. The number of nitrogen functional groups attached to an aromatic ring is 1. The number of benzene rings is 2. The number of aryl methyl sites for hydroxylation is 1. The average Bonchev–Trinajstić information content (AvgIpc) is 2.40. The quantitative estimate of drug-likeness (QED) is 0.652. The Balaban J connectivity index is 2.31. The monoisotopic (exact) mass is 250 g/mol. The maximum Gasteiger partial charge on any atom is 0.256 e. The molecule has 94 valence electrons. The van der Waals surface area contributed by atoms with Gasteiger partial charge in [-0.1, -0.05) is 35.9 Å². The number of aromatic amines is 1. The van der Waals surface area contributed by atoms with Crippen LogP contribution in [0, 0.1) is 6.92 Å². The first-order valence-corrected chi connectivity index (χ1v) is 6.14. The Morgan fingerprint density at radius 3 is 2.63 bits per heavy atom. The fraction of sp³-hybridized carbons (Fsp3) is 0.0625. The third-order valence-corrected chi connectivity index (χ3v) is 3.25. The molecule has 0 bridgehead atoms. The van der Waals surface area contributed by atoms with E-state index in [0.717, 1.165) is 22.2 Å². The van der Waals surface area contributed by atoms with Crippen LogP contribution in [0.5, 0.6) is 0 Å². The lowest BCUT2D eigenvalue weighted by Gasteiger charge is -2.07. The van der Waals surface area contributed by atoms with Crippen molar-refractivity contribution >= 4 is 16.5 Å². The first kappa shape index (κ1) is 11.5. The third-order valence-electron chi connectivity index (χ3n) is 3.25. The highest BCUT2D eigenvalue weighted by molar-refractivity contribution is 5.87. The molecule has 3 rings (SSSR count). The number of para-hydroxylation sites is 1. The van der Waals surface area contributed by atoms with Gasteiger partial charge in [-0.25, -0.2) is 0 Å². The first-order valence-electron chi connectivity index (χ1n) is 6.14. The smallest absolute Gasteiger partial charge is 0.256 e. The van der Waals surface area contributed by atoms with Crippen molar-refractivity contribution in [1.82, 2.24) is 4.98 Å². The fourth-order valence-electron chi connectivity index (χ4n) is 2.26. The highest BCUT2D eigenvalue weighted by Crippen LogP contribution is 2.25. The van der Waals surface area contributed by atoms with Gasteiger partial charge >= 0.3 is 0 Å². The minimum atomic E-state index is -0.0838. The number of rotatable bonds is 1. The molecular formula is C16H14N2O. The van der Waals surface area contributed by atoms with Crippen LogP contribution in [0.1, 0.15) is 5.56 Å². The lowest BCUT2D eigenvalue weighted by Crippen LogP contribution is -2.08. The second kappa shape index (κ2) is 4.28. The molecule has 2 aromatic carbocycles. The van der Waals surface area contributed by atoms with Crippen molar-refractivity contribution in [2.75, 3.05) is 5.73 Å². The molecule has 0 saturated carbocycles. The van der Waals surface area contributed by atoms with Crippen LogP contribution in [0.15, 0.2) is 53.3 Å². The maximum absolute atomic E-state index is 12.1. The number of anilines is 1. The van der Waals surface area contributed by atoms with Crippen molar-refractivity contribution in [3.63, 3.8) is 0 Å². The first-order chi connectivity index (χ1) is 9.15. The van der Waals surface area contributed by atoms with Crippen LogP contribution in [-0.4, -0.2) is 4.98 Å². The lowest BCUT2D eigenvalue weighted by atomic mass is 10.0. The summed E-state index contributed by atoms with van der Waals surface area (Å²) in [5, 5.41) is 1.63. The van der Waals surface area contributed by atoms with Gasteiger partial charge < -0.3 is 10.7 Å². The Labute approximate surface area is 110 Å². The topological polar surface area (TPSA) is 58.9 Å². The standard InChI is InChI=1S/C16H14N2O/c1-10-6-7-11-9-15(18-16(19)13(11)8-10)12-4-2-3-5-14(12)17/h2-9H,17H2,1H3,(H,18,19). The number of pyridine rings is 1. The molecule has 0 fully saturated rings. The molecule has 0 atom stereocenters. The van der Waals surface area contributed by atoms with Crippen molar-refractivity contribution in [3.05, 3.63) is 64.4 Å². The zero-order valence-electron chi connectivity index (χ0n) is 10.6. The van der Waals surface area contributed by atoms with Crippen LogP contribution >= 0.6 is 0 Å². The van der Waals surface area contributed by atoms with E-state index in [1.54, 1.807) is 0 Å². The van der Waals surface area contributed by atoms with Crippen LogP contribution in [0.4, 0.5) is 5.69 Å². The van der Waals surface area contributed by atoms with Gasteiger partial charge in [-0.05, 0) is 30.5 Å². The molecule has 0 aliphatic carbocycles. The fourth-order valence-corrected chi connectivity index (χ4v) is 2.26. The Morgan fingerprint density at radius 1 is 1.05 bits per heavy atom. The highest BCUT2D eigenvalue weighted by atomic mass is 16.1. The number of nitrogens with one attached hydrogen (secondary N) is 1. The van der Waals surface area contributed by atoms with Gasteiger partial charge in [0.05, 0.1) is 5.69 Å². The van der Waals surface area contributed by atoms with E-state index < -0.39 is 0 Å². The summed E-state index contributed by atoms with van der Waals surface area (Å²) in [5.41, 5.74) is 9.19. The molecule has 0 saturated heterocycles. The second-order valence-corrected chi connectivity index (χ2v) is 4.69. The molecule has 0 aliphatic rings. The zero-order chi connectivity index (χ0) is 13.4.